The second-order valence-electron chi connectivity index (χ2n) is 2.28. The van der Waals surface area contributed by atoms with Crippen molar-refractivity contribution in [3.05, 3.63) is 12.7 Å². The maximum absolute atomic E-state index is 10.8. The van der Waals surface area contributed by atoms with Crippen molar-refractivity contribution in [2.75, 3.05) is 13.2 Å². The Labute approximate surface area is 92.3 Å². The molecule has 0 saturated carbocycles. The van der Waals surface area contributed by atoms with Gasteiger partial charge in [0.2, 0.25) is 0 Å². The van der Waals surface area contributed by atoms with Gasteiger partial charge in [-0.2, -0.15) is 0 Å². The summed E-state index contributed by atoms with van der Waals surface area (Å²) >= 11 is 0. The summed E-state index contributed by atoms with van der Waals surface area (Å²) in [5.41, 5.74) is 0. The Morgan fingerprint density at radius 2 is 1.87 bits per heavy atom. The molecule has 0 aromatic carbocycles. The van der Waals surface area contributed by atoms with Crippen molar-refractivity contribution < 1.29 is 19.1 Å². The van der Waals surface area contributed by atoms with Crippen molar-refractivity contribution in [1.29, 1.82) is 0 Å². The Kier molecular flexibility index (Phi) is 16.3. The first-order valence-electron chi connectivity index (χ1n) is 4.15. The fraction of sp³-hybridized carbons (Fsp3) is 0.636. The molecule has 0 radical (unpaired) electrons. The summed E-state index contributed by atoms with van der Waals surface area (Å²) in [5.74, 6) is -0.735. The Morgan fingerprint density at radius 1 is 1.27 bits per heavy atom. The number of hydrogen-bond acceptors (Lipinski definition) is 4. The van der Waals surface area contributed by atoms with Crippen LogP contribution in [0.3, 0.4) is 0 Å². The molecular formula is C11H22O4. The van der Waals surface area contributed by atoms with E-state index in [0.29, 0.717) is 13.0 Å². The lowest BCUT2D eigenvalue weighted by molar-refractivity contribution is -0.145. The third-order valence-corrected chi connectivity index (χ3v) is 1.24. The molecule has 0 aliphatic rings. The predicted octanol–water partition coefficient (Wildman–Crippen LogP) is 2.33. The number of ether oxygens (including phenoxy) is 2. The molecule has 0 atom stereocenters. The molecule has 0 bridgehead atoms. The Balaban J connectivity index is -0.000000720. The molecule has 0 aromatic rings. The van der Waals surface area contributed by atoms with E-state index in [2.05, 4.69) is 16.1 Å². The molecule has 0 aliphatic carbocycles. The number of esters is 2. The molecule has 0 amide bonds. The van der Waals surface area contributed by atoms with E-state index in [-0.39, 0.29) is 33.9 Å². The largest absolute Gasteiger partial charge is 0.466 e. The van der Waals surface area contributed by atoms with Gasteiger partial charge in [0.15, 0.2) is 0 Å². The van der Waals surface area contributed by atoms with Crippen LogP contribution in [0.1, 0.15) is 34.6 Å². The van der Waals surface area contributed by atoms with Gasteiger partial charge in [-0.3, -0.25) is 4.79 Å². The van der Waals surface area contributed by atoms with Gasteiger partial charge < -0.3 is 9.47 Å². The van der Waals surface area contributed by atoms with Gasteiger partial charge in [-0.1, -0.05) is 21.4 Å². The molecule has 90 valence electrons. The lowest BCUT2D eigenvalue weighted by Gasteiger charge is -2.01. The van der Waals surface area contributed by atoms with Crippen LogP contribution in [0.25, 0.3) is 0 Å². The molecule has 0 aromatic heterocycles. The molecule has 0 N–H and O–H groups in total. The summed E-state index contributed by atoms with van der Waals surface area (Å²) in [4.78, 5) is 21.3. The van der Waals surface area contributed by atoms with Crippen molar-refractivity contribution in [1.82, 2.24) is 0 Å². The van der Waals surface area contributed by atoms with Crippen LogP contribution in [0.2, 0.25) is 0 Å². The molecule has 0 saturated heterocycles. The van der Waals surface area contributed by atoms with Crippen LogP contribution in [0.5, 0.6) is 0 Å². The van der Waals surface area contributed by atoms with Gasteiger partial charge in [0.05, 0.1) is 13.2 Å². The number of rotatable bonds is 6. The van der Waals surface area contributed by atoms with E-state index in [1.807, 2.05) is 0 Å². The molecule has 0 heterocycles. The van der Waals surface area contributed by atoms with Gasteiger partial charge in [0.25, 0.3) is 0 Å². The molecule has 0 spiro atoms. The van der Waals surface area contributed by atoms with Crippen molar-refractivity contribution in [2.45, 2.75) is 34.6 Å². The van der Waals surface area contributed by atoms with Crippen molar-refractivity contribution in [3.8, 4) is 0 Å². The first-order chi connectivity index (χ1) is 6.20. The minimum atomic E-state index is -0.469. The van der Waals surface area contributed by atoms with Crippen LogP contribution in [-0.4, -0.2) is 25.2 Å². The van der Waals surface area contributed by atoms with E-state index in [1.54, 1.807) is 6.92 Å². The fourth-order valence-corrected chi connectivity index (χ4v) is 0.681. The molecule has 0 unspecified atom stereocenters. The lowest BCUT2D eigenvalue weighted by atomic mass is 10.3. The van der Waals surface area contributed by atoms with E-state index < -0.39 is 5.97 Å². The zero-order valence-electron chi connectivity index (χ0n) is 7.75. The Hall–Kier alpha value is -1.32. The highest BCUT2D eigenvalue weighted by molar-refractivity contribution is 5.81. The second-order valence-corrected chi connectivity index (χ2v) is 2.28. The second kappa shape index (κ2) is 12.7. The normalized spacial score (nSPS) is 7.80. The summed E-state index contributed by atoms with van der Waals surface area (Å²) in [5, 5.41) is 0. The zero-order valence-corrected chi connectivity index (χ0v) is 7.75. The zero-order chi connectivity index (χ0) is 10.1. The van der Waals surface area contributed by atoms with Crippen LogP contribution in [0.15, 0.2) is 12.7 Å². The summed E-state index contributed by atoms with van der Waals surface area (Å²) in [6.45, 7) is 5.59. The average molecular weight is 218 g/mol. The third kappa shape index (κ3) is 12.7. The predicted molar refractivity (Wildman–Crippen MR) is 60.5 cm³/mol. The van der Waals surface area contributed by atoms with Crippen LogP contribution in [0, 0.1) is 0 Å². The summed E-state index contributed by atoms with van der Waals surface area (Å²) in [7, 11) is 0. The molecule has 4 nitrogen and oxygen atoms in total. The van der Waals surface area contributed by atoms with Crippen LogP contribution in [-0.2, 0) is 19.1 Å². The van der Waals surface area contributed by atoms with Gasteiger partial charge in [0, 0.05) is 12.5 Å². The number of carbonyl (C=O) groups is 2. The van der Waals surface area contributed by atoms with Crippen LogP contribution in [0.4, 0.5) is 0 Å². The van der Waals surface area contributed by atoms with Gasteiger partial charge >= 0.3 is 11.9 Å². The van der Waals surface area contributed by atoms with Crippen molar-refractivity contribution in [3.63, 3.8) is 0 Å². The van der Waals surface area contributed by atoms with Crippen molar-refractivity contribution >= 4 is 11.9 Å². The van der Waals surface area contributed by atoms with Crippen LogP contribution >= 0.6 is 0 Å². The standard InChI is InChI=1S/C9H14O4.2CH4/c1-3-8(10)13-7-5-6-9(11)12-4-2;;/h3H,1,4-7H2,2H3;2*1H4. The summed E-state index contributed by atoms with van der Waals surface area (Å²) < 4.78 is 9.33. The maximum Gasteiger partial charge on any atom is 0.330 e. The molecule has 15 heavy (non-hydrogen) atoms. The highest BCUT2D eigenvalue weighted by Crippen LogP contribution is 1.94. The lowest BCUT2D eigenvalue weighted by Crippen LogP contribution is -2.07. The van der Waals surface area contributed by atoms with E-state index in [1.165, 1.54) is 0 Å². The van der Waals surface area contributed by atoms with E-state index in [0.717, 1.165) is 6.08 Å². The third-order valence-electron chi connectivity index (χ3n) is 1.24. The molecule has 0 fully saturated rings. The fourth-order valence-electron chi connectivity index (χ4n) is 0.681. The Bertz CT molecular complexity index is 187. The average Bonchev–Trinajstić information content (AvgIpc) is 2.12. The molecular weight excluding hydrogens is 196 g/mol. The van der Waals surface area contributed by atoms with Gasteiger partial charge in [0.1, 0.15) is 0 Å². The molecule has 0 rings (SSSR count). The maximum atomic E-state index is 10.8. The summed E-state index contributed by atoms with van der Waals surface area (Å²) in [6.07, 6.45) is 1.85. The van der Waals surface area contributed by atoms with Gasteiger partial charge in [-0.05, 0) is 13.3 Å². The van der Waals surface area contributed by atoms with E-state index in [4.69, 9.17) is 0 Å². The van der Waals surface area contributed by atoms with Gasteiger partial charge in [-0.25, -0.2) is 4.79 Å². The smallest absolute Gasteiger partial charge is 0.330 e. The van der Waals surface area contributed by atoms with Crippen molar-refractivity contribution in [2.24, 2.45) is 0 Å². The molecule has 0 aliphatic heterocycles. The first kappa shape index (κ1) is 19.3. The Morgan fingerprint density at radius 3 is 2.33 bits per heavy atom. The monoisotopic (exact) mass is 218 g/mol. The highest BCUT2D eigenvalue weighted by Gasteiger charge is 2.01. The minimum Gasteiger partial charge on any atom is -0.466 e. The highest BCUT2D eigenvalue weighted by atomic mass is 16.5. The first-order valence-corrected chi connectivity index (χ1v) is 4.15. The minimum absolute atomic E-state index is 0. The van der Waals surface area contributed by atoms with E-state index >= 15 is 0 Å². The topological polar surface area (TPSA) is 52.6 Å². The van der Waals surface area contributed by atoms with Gasteiger partial charge in [-0.15, -0.1) is 0 Å². The molecule has 4 heteroatoms. The quantitative estimate of drug-likeness (QED) is 0.390. The van der Waals surface area contributed by atoms with E-state index in [9.17, 15) is 9.59 Å². The van der Waals surface area contributed by atoms with Crippen LogP contribution < -0.4 is 0 Å². The number of carbonyl (C=O) groups excluding carboxylic acids is 2. The SMILES string of the molecule is C.C.C=CC(=O)OCCCC(=O)OCC. The number of hydrogen-bond donors (Lipinski definition) is 0. The summed E-state index contributed by atoms with van der Waals surface area (Å²) in [6, 6.07) is 0.